The highest BCUT2D eigenvalue weighted by Gasteiger charge is 2.20. The van der Waals surface area contributed by atoms with Crippen LogP contribution in [0.2, 0.25) is 5.02 Å². The Kier molecular flexibility index (Phi) is 6.31. The minimum absolute atomic E-state index is 0.106. The number of para-hydroxylation sites is 1. The third kappa shape index (κ3) is 4.91. The zero-order valence-corrected chi connectivity index (χ0v) is 16.3. The number of carbonyl (C=O) groups is 1. The maximum absolute atomic E-state index is 13.2. The van der Waals surface area contributed by atoms with Crippen molar-refractivity contribution in [3.8, 4) is 6.07 Å². The number of carbonyl (C=O) groups excluding carboxylic acids is 1. The van der Waals surface area contributed by atoms with Gasteiger partial charge < -0.3 is 4.90 Å². The summed E-state index contributed by atoms with van der Waals surface area (Å²) in [6, 6.07) is 26.3. The van der Waals surface area contributed by atoms with E-state index in [0.717, 1.165) is 16.8 Å². The molecule has 0 aliphatic carbocycles. The Balaban J connectivity index is 1.85. The Hall–Kier alpha value is -3.29. The number of urea groups is 1. The minimum Gasteiger partial charge on any atom is -0.316 e. The molecular weight excluding hydrogens is 370 g/mol. The van der Waals surface area contributed by atoms with E-state index in [1.54, 1.807) is 29.0 Å². The smallest absolute Gasteiger partial charge is 0.316 e. The fourth-order valence-corrected chi connectivity index (χ4v) is 3.01. The van der Waals surface area contributed by atoms with E-state index in [0.29, 0.717) is 23.7 Å². The van der Waals surface area contributed by atoms with Crippen molar-refractivity contribution in [1.29, 1.82) is 5.26 Å². The van der Waals surface area contributed by atoms with Crippen LogP contribution in [-0.4, -0.2) is 18.0 Å². The number of hydrogen-bond acceptors (Lipinski definition) is 2. The van der Waals surface area contributed by atoms with Gasteiger partial charge in [-0.1, -0.05) is 54.1 Å². The van der Waals surface area contributed by atoms with Gasteiger partial charge in [0.05, 0.1) is 11.6 Å². The van der Waals surface area contributed by atoms with Crippen molar-refractivity contribution in [2.45, 2.75) is 13.1 Å². The van der Waals surface area contributed by atoms with E-state index in [-0.39, 0.29) is 6.03 Å². The summed E-state index contributed by atoms with van der Waals surface area (Å²) in [4.78, 5) is 16.6. The number of benzene rings is 3. The third-order valence-corrected chi connectivity index (χ3v) is 4.70. The van der Waals surface area contributed by atoms with Gasteiger partial charge in [0, 0.05) is 30.8 Å². The van der Waals surface area contributed by atoms with E-state index in [2.05, 4.69) is 6.07 Å². The molecule has 0 aromatic heterocycles. The molecule has 0 heterocycles. The van der Waals surface area contributed by atoms with Crippen molar-refractivity contribution in [3.63, 3.8) is 0 Å². The molecule has 3 aromatic carbocycles. The molecule has 2 amide bonds. The standard InChI is InChI=1S/C23H20ClN3O/c1-26(22-5-3-2-4-6-22)23(28)27(17-20-11-13-21(24)14-12-20)16-19-9-7-18(15-25)8-10-19/h2-14H,16-17H2,1H3. The van der Waals surface area contributed by atoms with E-state index in [4.69, 9.17) is 16.9 Å². The summed E-state index contributed by atoms with van der Waals surface area (Å²) in [5.41, 5.74) is 3.38. The van der Waals surface area contributed by atoms with Gasteiger partial charge in [-0.2, -0.15) is 5.26 Å². The summed E-state index contributed by atoms with van der Waals surface area (Å²) >= 11 is 5.98. The number of anilines is 1. The molecule has 3 rings (SSSR count). The highest BCUT2D eigenvalue weighted by Crippen LogP contribution is 2.19. The van der Waals surface area contributed by atoms with Crippen LogP contribution in [0.1, 0.15) is 16.7 Å². The molecule has 0 saturated heterocycles. The molecule has 0 bridgehead atoms. The van der Waals surface area contributed by atoms with E-state index < -0.39 is 0 Å². The number of halogens is 1. The van der Waals surface area contributed by atoms with Gasteiger partial charge in [-0.25, -0.2) is 4.79 Å². The Bertz CT molecular complexity index is 963. The van der Waals surface area contributed by atoms with Crippen molar-refractivity contribution in [2.24, 2.45) is 0 Å². The van der Waals surface area contributed by atoms with E-state index >= 15 is 0 Å². The monoisotopic (exact) mass is 389 g/mol. The molecule has 0 N–H and O–H groups in total. The molecule has 140 valence electrons. The van der Waals surface area contributed by atoms with Crippen molar-refractivity contribution >= 4 is 23.3 Å². The van der Waals surface area contributed by atoms with E-state index in [9.17, 15) is 4.79 Å². The molecule has 28 heavy (non-hydrogen) atoms. The largest absolute Gasteiger partial charge is 0.324 e. The molecule has 0 aliphatic heterocycles. The van der Waals surface area contributed by atoms with Gasteiger partial charge in [-0.05, 0) is 47.5 Å². The van der Waals surface area contributed by atoms with E-state index in [1.165, 1.54) is 0 Å². The second-order valence-electron chi connectivity index (χ2n) is 6.47. The van der Waals surface area contributed by atoms with Crippen LogP contribution in [0.25, 0.3) is 0 Å². The first-order chi connectivity index (χ1) is 13.6. The van der Waals surface area contributed by atoms with Crippen LogP contribution in [0, 0.1) is 11.3 Å². The van der Waals surface area contributed by atoms with Gasteiger partial charge >= 0.3 is 6.03 Å². The predicted octanol–water partition coefficient (Wildman–Crippen LogP) is 5.47. The molecule has 4 nitrogen and oxygen atoms in total. The highest BCUT2D eigenvalue weighted by molar-refractivity contribution is 6.30. The van der Waals surface area contributed by atoms with Crippen molar-refractivity contribution < 1.29 is 4.79 Å². The molecule has 0 atom stereocenters. The highest BCUT2D eigenvalue weighted by atomic mass is 35.5. The SMILES string of the molecule is CN(C(=O)N(Cc1ccc(Cl)cc1)Cc1ccc(C#N)cc1)c1ccccc1. The van der Waals surface area contributed by atoms with Crippen molar-refractivity contribution in [1.82, 2.24) is 4.90 Å². The van der Waals surface area contributed by atoms with Gasteiger partial charge in [-0.3, -0.25) is 4.90 Å². The first kappa shape index (κ1) is 19.5. The zero-order valence-electron chi connectivity index (χ0n) is 15.5. The quantitative estimate of drug-likeness (QED) is 0.580. The molecule has 0 fully saturated rings. The number of hydrogen-bond donors (Lipinski definition) is 0. The van der Waals surface area contributed by atoms with E-state index in [1.807, 2.05) is 66.7 Å². The Morgan fingerprint density at radius 3 is 1.96 bits per heavy atom. The first-order valence-corrected chi connectivity index (χ1v) is 9.26. The fourth-order valence-electron chi connectivity index (χ4n) is 2.88. The molecule has 0 spiro atoms. The maximum Gasteiger partial charge on any atom is 0.324 e. The topological polar surface area (TPSA) is 47.3 Å². The number of nitriles is 1. The van der Waals surface area contributed by atoms with Gasteiger partial charge in [0.2, 0.25) is 0 Å². The average molecular weight is 390 g/mol. The summed E-state index contributed by atoms with van der Waals surface area (Å²) in [7, 11) is 1.77. The number of rotatable bonds is 5. The summed E-state index contributed by atoms with van der Waals surface area (Å²) in [5.74, 6) is 0. The molecule has 0 aliphatic rings. The Labute approximate surface area is 170 Å². The van der Waals surface area contributed by atoms with Gasteiger partial charge in [-0.15, -0.1) is 0 Å². The molecule has 0 unspecified atom stereocenters. The first-order valence-electron chi connectivity index (χ1n) is 8.88. The fraction of sp³-hybridized carbons (Fsp3) is 0.130. The van der Waals surface area contributed by atoms with Crippen LogP contribution >= 0.6 is 11.6 Å². The summed E-state index contributed by atoms with van der Waals surface area (Å²) in [5, 5.41) is 9.64. The van der Waals surface area contributed by atoms with Crippen LogP contribution in [0.4, 0.5) is 10.5 Å². The normalized spacial score (nSPS) is 10.2. The zero-order chi connectivity index (χ0) is 19.9. The summed E-state index contributed by atoms with van der Waals surface area (Å²) in [6.07, 6.45) is 0. The summed E-state index contributed by atoms with van der Waals surface area (Å²) in [6.45, 7) is 0.886. The second-order valence-corrected chi connectivity index (χ2v) is 6.90. The van der Waals surface area contributed by atoms with Crippen LogP contribution in [-0.2, 0) is 13.1 Å². The lowest BCUT2D eigenvalue weighted by atomic mass is 10.1. The van der Waals surface area contributed by atoms with Gasteiger partial charge in [0.15, 0.2) is 0 Å². The van der Waals surface area contributed by atoms with Crippen LogP contribution < -0.4 is 4.90 Å². The molecule has 5 heteroatoms. The van der Waals surface area contributed by atoms with Crippen LogP contribution in [0.3, 0.4) is 0 Å². The molecule has 3 aromatic rings. The number of nitrogens with zero attached hydrogens (tertiary/aromatic N) is 3. The maximum atomic E-state index is 13.2. The average Bonchev–Trinajstić information content (AvgIpc) is 2.75. The molecule has 0 saturated carbocycles. The predicted molar refractivity (Wildman–Crippen MR) is 112 cm³/mol. The third-order valence-electron chi connectivity index (χ3n) is 4.44. The van der Waals surface area contributed by atoms with Crippen molar-refractivity contribution in [3.05, 3.63) is 101 Å². The van der Waals surface area contributed by atoms with Crippen LogP contribution in [0.15, 0.2) is 78.9 Å². The number of amides is 2. The molecular formula is C23H20ClN3O. The molecule has 0 radical (unpaired) electrons. The second kappa shape index (κ2) is 9.07. The van der Waals surface area contributed by atoms with Gasteiger partial charge in [0.1, 0.15) is 0 Å². The summed E-state index contributed by atoms with van der Waals surface area (Å²) < 4.78 is 0. The Morgan fingerprint density at radius 2 is 1.43 bits per heavy atom. The minimum atomic E-state index is -0.106. The Morgan fingerprint density at radius 1 is 0.893 bits per heavy atom. The van der Waals surface area contributed by atoms with Crippen molar-refractivity contribution in [2.75, 3.05) is 11.9 Å². The lowest BCUT2D eigenvalue weighted by Gasteiger charge is -2.28. The van der Waals surface area contributed by atoms with Crippen LogP contribution in [0.5, 0.6) is 0 Å². The lowest BCUT2D eigenvalue weighted by molar-refractivity contribution is 0.200. The lowest BCUT2D eigenvalue weighted by Crippen LogP contribution is -2.40. The van der Waals surface area contributed by atoms with Gasteiger partial charge in [0.25, 0.3) is 0 Å².